The number of nitrogens with zero attached hydrogens (tertiary/aromatic N) is 1. The molecule has 0 radical (unpaired) electrons. The Morgan fingerprint density at radius 3 is 2.67 bits per heavy atom. The minimum atomic E-state index is 0.0600. The maximum absolute atomic E-state index is 12.5. The van der Waals surface area contributed by atoms with Crippen LogP contribution in [0.3, 0.4) is 0 Å². The fraction of sp³-hybridized carbons (Fsp3) is 0.217. The summed E-state index contributed by atoms with van der Waals surface area (Å²) >= 11 is 0. The molecule has 0 spiro atoms. The predicted octanol–water partition coefficient (Wildman–Crippen LogP) is 4.60. The molecular formula is C23H22N2O2. The van der Waals surface area contributed by atoms with Crippen molar-refractivity contribution in [3.63, 3.8) is 0 Å². The van der Waals surface area contributed by atoms with E-state index in [1.54, 1.807) is 6.20 Å². The van der Waals surface area contributed by atoms with Gasteiger partial charge in [0.2, 0.25) is 11.8 Å². The molecule has 0 saturated heterocycles. The third kappa shape index (κ3) is 4.00. The number of ether oxygens (including phenoxy) is 1. The Morgan fingerprint density at radius 1 is 1.07 bits per heavy atom. The van der Waals surface area contributed by atoms with E-state index in [2.05, 4.69) is 22.4 Å². The fourth-order valence-electron chi connectivity index (χ4n) is 3.29. The minimum absolute atomic E-state index is 0.0600. The third-order valence-corrected chi connectivity index (χ3v) is 4.96. The molecule has 1 heterocycles. The lowest BCUT2D eigenvalue weighted by atomic mass is 10.1. The molecule has 1 aliphatic rings. The second-order valence-electron chi connectivity index (χ2n) is 6.91. The summed E-state index contributed by atoms with van der Waals surface area (Å²) in [6, 6.07) is 21.8. The lowest BCUT2D eigenvalue weighted by molar-refractivity contribution is -0.122. The van der Waals surface area contributed by atoms with Crippen molar-refractivity contribution in [1.82, 2.24) is 10.3 Å². The first-order chi connectivity index (χ1) is 13.2. The van der Waals surface area contributed by atoms with Gasteiger partial charge in [-0.15, -0.1) is 0 Å². The van der Waals surface area contributed by atoms with Crippen LogP contribution in [0.1, 0.15) is 29.0 Å². The molecule has 2 atom stereocenters. The van der Waals surface area contributed by atoms with Crippen molar-refractivity contribution in [3.05, 3.63) is 89.6 Å². The van der Waals surface area contributed by atoms with Crippen LogP contribution in [0.5, 0.6) is 11.6 Å². The highest BCUT2D eigenvalue weighted by molar-refractivity contribution is 5.82. The number of rotatable bonds is 6. The van der Waals surface area contributed by atoms with Crippen molar-refractivity contribution in [2.75, 3.05) is 0 Å². The second kappa shape index (κ2) is 7.62. The normalized spacial score (nSPS) is 18.0. The summed E-state index contributed by atoms with van der Waals surface area (Å²) < 4.78 is 5.98. The average Bonchev–Trinajstić information content (AvgIpc) is 3.50. The van der Waals surface area contributed by atoms with Crippen molar-refractivity contribution < 1.29 is 9.53 Å². The van der Waals surface area contributed by atoms with E-state index in [0.717, 1.165) is 23.3 Å². The molecule has 1 fully saturated rings. The molecule has 4 heteroatoms. The molecule has 3 aromatic rings. The van der Waals surface area contributed by atoms with Crippen LogP contribution in [-0.4, -0.2) is 10.9 Å². The number of aryl methyl sites for hydroxylation is 1. The van der Waals surface area contributed by atoms with Gasteiger partial charge in [0.25, 0.3) is 0 Å². The Kier molecular flexibility index (Phi) is 4.88. The number of nitrogens with one attached hydrogen (secondary N) is 1. The van der Waals surface area contributed by atoms with Crippen molar-refractivity contribution >= 4 is 5.91 Å². The molecule has 4 nitrogen and oxygen atoms in total. The van der Waals surface area contributed by atoms with Crippen LogP contribution < -0.4 is 10.1 Å². The van der Waals surface area contributed by atoms with Gasteiger partial charge in [-0.25, -0.2) is 4.98 Å². The van der Waals surface area contributed by atoms with E-state index in [-0.39, 0.29) is 11.8 Å². The molecule has 27 heavy (non-hydrogen) atoms. The largest absolute Gasteiger partial charge is 0.438 e. The Balaban J connectivity index is 1.39. The van der Waals surface area contributed by atoms with Crippen LogP contribution in [0.15, 0.2) is 72.9 Å². The van der Waals surface area contributed by atoms with Gasteiger partial charge in [-0.05, 0) is 42.5 Å². The van der Waals surface area contributed by atoms with Crippen LogP contribution >= 0.6 is 0 Å². The Hall–Kier alpha value is -3.14. The summed E-state index contributed by atoms with van der Waals surface area (Å²) in [6.07, 6.45) is 2.61. The minimum Gasteiger partial charge on any atom is -0.438 e. The number of benzene rings is 2. The van der Waals surface area contributed by atoms with Crippen LogP contribution in [-0.2, 0) is 11.3 Å². The molecule has 0 unspecified atom stereocenters. The summed E-state index contributed by atoms with van der Waals surface area (Å²) in [7, 11) is 0. The van der Waals surface area contributed by atoms with Gasteiger partial charge in [-0.3, -0.25) is 4.79 Å². The van der Waals surface area contributed by atoms with Gasteiger partial charge in [-0.2, -0.15) is 0 Å². The van der Waals surface area contributed by atoms with Crippen molar-refractivity contribution in [1.29, 1.82) is 0 Å². The van der Waals surface area contributed by atoms with Gasteiger partial charge < -0.3 is 10.1 Å². The smallest absolute Gasteiger partial charge is 0.224 e. The molecule has 1 N–H and O–H groups in total. The molecule has 1 aromatic heterocycles. The molecule has 4 rings (SSSR count). The lowest BCUT2D eigenvalue weighted by Crippen LogP contribution is -2.25. The molecule has 1 aliphatic carbocycles. The van der Waals surface area contributed by atoms with Gasteiger partial charge in [-0.1, -0.05) is 54.6 Å². The number of hydrogen-bond acceptors (Lipinski definition) is 3. The van der Waals surface area contributed by atoms with E-state index in [4.69, 9.17) is 4.74 Å². The topological polar surface area (TPSA) is 51.2 Å². The summed E-state index contributed by atoms with van der Waals surface area (Å²) in [5, 5.41) is 3.04. The molecule has 0 bridgehead atoms. The maximum atomic E-state index is 12.5. The number of para-hydroxylation sites is 1. The highest BCUT2D eigenvalue weighted by Gasteiger charge is 2.43. The van der Waals surface area contributed by atoms with E-state index in [0.29, 0.717) is 18.3 Å². The van der Waals surface area contributed by atoms with Crippen LogP contribution in [0.4, 0.5) is 0 Å². The van der Waals surface area contributed by atoms with Gasteiger partial charge in [0.05, 0.1) is 0 Å². The monoisotopic (exact) mass is 358 g/mol. The highest BCUT2D eigenvalue weighted by Crippen LogP contribution is 2.47. The van der Waals surface area contributed by atoms with E-state index in [9.17, 15) is 4.79 Å². The van der Waals surface area contributed by atoms with Crippen molar-refractivity contribution in [2.45, 2.75) is 25.8 Å². The first-order valence-electron chi connectivity index (χ1n) is 9.22. The lowest BCUT2D eigenvalue weighted by Gasteiger charge is -2.12. The Morgan fingerprint density at radius 2 is 1.85 bits per heavy atom. The second-order valence-corrected chi connectivity index (χ2v) is 6.91. The number of hydrogen-bond donors (Lipinski definition) is 1. The zero-order chi connectivity index (χ0) is 18.6. The first-order valence-corrected chi connectivity index (χ1v) is 9.22. The van der Waals surface area contributed by atoms with Crippen LogP contribution in [0.2, 0.25) is 0 Å². The van der Waals surface area contributed by atoms with Crippen LogP contribution in [0.25, 0.3) is 0 Å². The molecule has 2 aromatic carbocycles. The van der Waals surface area contributed by atoms with Crippen molar-refractivity contribution in [3.8, 4) is 11.6 Å². The van der Waals surface area contributed by atoms with E-state index < -0.39 is 0 Å². The standard InChI is InChI=1S/C23H22N2O2/c1-16-8-5-6-12-21(16)27-23-18(11-7-13-24-23)15-25-22(26)20-14-19(20)17-9-3-2-4-10-17/h2-13,19-20H,14-15H2,1H3,(H,25,26)/t19-,20+/m0/s1. The fourth-order valence-corrected chi connectivity index (χ4v) is 3.29. The zero-order valence-electron chi connectivity index (χ0n) is 15.3. The molecule has 1 saturated carbocycles. The van der Waals surface area contributed by atoms with Gasteiger partial charge in [0.1, 0.15) is 5.75 Å². The van der Waals surface area contributed by atoms with E-state index in [1.807, 2.05) is 61.5 Å². The SMILES string of the molecule is Cc1ccccc1Oc1ncccc1CNC(=O)[C@@H]1C[C@H]1c1ccccc1. The highest BCUT2D eigenvalue weighted by atomic mass is 16.5. The van der Waals surface area contributed by atoms with Crippen LogP contribution in [0, 0.1) is 12.8 Å². The quantitative estimate of drug-likeness (QED) is 0.700. The molecule has 1 amide bonds. The Bertz CT molecular complexity index is 940. The number of amides is 1. The summed E-state index contributed by atoms with van der Waals surface area (Å²) in [4.78, 5) is 16.9. The van der Waals surface area contributed by atoms with Gasteiger partial charge in [0, 0.05) is 24.2 Å². The average molecular weight is 358 g/mol. The van der Waals surface area contributed by atoms with E-state index in [1.165, 1.54) is 5.56 Å². The first kappa shape index (κ1) is 17.3. The third-order valence-electron chi connectivity index (χ3n) is 4.96. The summed E-state index contributed by atoms with van der Waals surface area (Å²) in [5.41, 5.74) is 3.15. The molecule has 136 valence electrons. The number of aromatic nitrogens is 1. The van der Waals surface area contributed by atoms with Crippen molar-refractivity contribution in [2.24, 2.45) is 5.92 Å². The van der Waals surface area contributed by atoms with Gasteiger partial charge >= 0.3 is 0 Å². The van der Waals surface area contributed by atoms with Gasteiger partial charge in [0.15, 0.2) is 0 Å². The number of carbonyl (C=O) groups excluding carboxylic acids is 1. The molecular weight excluding hydrogens is 336 g/mol. The summed E-state index contributed by atoms with van der Waals surface area (Å²) in [6.45, 7) is 2.41. The predicted molar refractivity (Wildman–Crippen MR) is 105 cm³/mol. The summed E-state index contributed by atoms with van der Waals surface area (Å²) in [5.74, 6) is 1.79. The Labute approximate surface area is 159 Å². The number of pyridine rings is 1. The number of carbonyl (C=O) groups is 1. The van der Waals surface area contributed by atoms with E-state index >= 15 is 0 Å². The molecule has 0 aliphatic heterocycles. The zero-order valence-corrected chi connectivity index (χ0v) is 15.3. The maximum Gasteiger partial charge on any atom is 0.224 e.